The number of carbonyl (C=O) groups is 2. The Hall–Kier alpha value is -3.01. The van der Waals surface area contributed by atoms with Crippen LogP contribution >= 0.6 is 0 Å². The maximum Gasteiger partial charge on any atom is 0.426 e. The van der Waals surface area contributed by atoms with Gasteiger partial charge < -0.3 is 15.1 Å². The van der Waals surface area contributed by atoms with Gasteiger partial charge in [-0.2, -0.15) is 13.2 Å². The van der Waals surface area contributed by atoms with Crippen LogP contribution in [0.3, 0.4) is 0 Å². The van der Waals surface area contributed by atoms with Gasteiger partial charge in [0.25, 0.3) is 0 Å². The lowest BCUT2D eigenvalue weighted by atomic mass is 9.63. The first-order chi connectivity index (χ1) is 18.7. The van der Waals surface area contributed by atoms with Crippen LogP contribution in [0.4, 0.5) is 22.0 Å². The number of carboxylic acid groups (broad SMARTS) is 1. The molecular weight excluding hydrogens is 533 g/mol. The Morgan fingerprint density at radius 3 is 2.35 bits per heavy atom. The Kier molecular flexibility index (Phi) is 7.00. The van der Waals surface area contributed by atoms with Crippen LogP contribution in [0.15, 0.2) is 42.5 Å². The molecule has 5 rings (SSSR count). The number of halogens is 5. The third-order valence-corrected chi connectivity index (χ3v) is 9.47. The van der Waals surface area contributed by atoms with Gasteiger partial charge in [-0.15, -0.1) is 0 Å². The van der Waals surface area contributed by atoms with Gasteiger partial charge in [0.05, 0.1) is 0 Å². The van der Waals surface area contributed by atoms with E-state index < -0.39 is 46.1 Å². The van der Waals surface area contributed by atoms with E-state index in [9.17, 15) is 41.8 Å². The highest BCUT2D eigenvalue weighted by molar-refractivity contribution is 5.82. The second kappa shape index (κ2) is 9.82. The van der Waals surface area contributed by atoms with Crippen molar-refractivity contribution >= 4 is 11.9 Å². The molecule has 1 saturated heterocycles. The van der Waals surface area contributed by atoms with Gasteiger partial charge in [-0.3, -0.25) is 4.79 Å². The Labute approximate surface area is 229 Å². The fraction of sp³-hybridized carbons (Fsp3) is 0.533. The van der Waals surface area contributed by atoms with Gasteiger partial charge in [0.15, 0.2) is 5.60 Å². The molecule has 216 valence electrons. The maximum atomic E-state index is 14.9. The molecule has 2 aromatic carbocycles. The molecule has 10 heteroatoms. The molecule has 3 atom stereocenters. The number of aliphatic hydroxyl groups is 1. The lowest BCUT2D eigenvalue weighted by molar-refractivity contribution is -0.228. The Morgan fingerprint density at radius 2 is 1.73 bits per heavy atom. The SMILES string of the molecule is CC(F)(c1ccc2c(c1)CCC1N(C(=O)C3CCC(O)(C(=O)O)CC3)CCC21Cc1cccc(F)c1)C(F)(F)F. The number of alkyl halides is 4. The number of aliphatic carboxylic acids is 1. The number of aryl methyl sites for hydroxylation is 1. The minimum Gasteiger partial charge on any atom is -0.479 e. The Balaban J connectivity index is 1.50. The molecule has 2 N–H and O–H groups in total. The number of rotatable bonds is 5. The van der Waals surface area contributed by atoms with Crippen LogP contribution in [-0.2, 0) is 33.5 Å². The van der Waals surface area contributed by atoms with Crippen molar-refractivity contribution in [2.75, 3.05) is 6.54 Å². The van der Waals surface area contributed by atoms with E-state index in [0.29, 0.717) is 50.3 Å². The molecule has 1 amide bonds. The molecule has 0 spiro atoms. The molecule has 2 aliphatic carbocycles. The largest absolute Gasteiger partial charge is 0.479 e. The van der Waals surface area contributed by atoms with E-state index in [0.717, 1.165) is 5.56 Å². The number of benzene rings is 2. The van der Waals surface area contributed by atoms with Crippen molar-refractivity contribution in [1.82, 2.24) is 4.90 Å². The number of hydrogen-bond acceptors (Lipinski definition) is 3. The van der Waals surface area contributed by atoms with E-state index in [1.807, 2.05) is 0 Å². The second-order valence-electron chi connectivity index (χ2n) is 11.8. The van der Waals surface area contributed by atoms with Crippen LogP contribution in [0.2, 0.25) is 0 Å². The van der Waals surface area contributed by atoms with Crippen molar-refractivity contribution in [3.05, 3.63) is 70.5 Å². The zero-order valence-electron chi connectivity index (χ0n) is 22.1. The minimum absolute atomic E-state index is 0.0293. The van der Waals surface area contributed by atoms with Crippen molar-refractivity contribution < 1.29 is 41.8 Å². The predicted molar refractivity (Wildman–Crippen MR) is 136 cm³/mol. The van der Waals surface area contributed by atoms with Crippen molar-refractivity contribution in [3.63, 3.8) is 0 Å². The van der Waals surface area contributed by atoms with E-state index in [-0.39, 0.29) is 37.6 Å². The monoisotopic (exact) mass is 565 g/mol. The van der Waals surface area contributed by atoms with Gasteiger partial charge in [0.1, 0.15) is 5.82 Å². The summed E-state index contributed by atoms with van der Waals surface area (Å²) in [5.74, 6) is -2.31. The van der Waals surface area contributed by atoms with E-state index >= 15 is 0 Å². The summed E-state index contributed by atoms with van der Waals surface area (Å²) >= 11 is 0. The third-order valence-electron chi connectivity index (χ3n) is 9.47. The highest BCUT2D eigenvalue weighted by Gasteiger charge is 2.56. The molecule has 2 aromatic rings. The number of carboxylic acids is 1. The number of nitrogens with zero attached hydrogens (tertiary/aromatic N) is 1. The first kappa shape index (κ1) is 28.5. The fourth-order valence-corrected chi connectivity index (χ4v) is 7.09. The normalized spacial score (nSPS) is 29.8. The van der Waals surface area contributed by atoms with Crippen molar-refractivity contribution in [2.45, 2.75) is 87.2 Å². The van der Waals surface area contributed by atoms with E-state index in [1.54, 1.807) is 23.1 Å². The van der Waals surface area contributed by atoms with E-state index in [1.165, 1.54) is 24.3 Å². The number of hydrogen-bond donors (Lipinski definition) is 2. The van der Waals surface area contributed by atoms with Crippen molar-refractivity contribution in [1.29, 1.82) is 0 Å². The molecular formula is C30H32F5NO4. The topological polar surface area (TPSA) is 77.8 Å². The summed E-state index contributed by atoms with van der Waals surface area (Å²) in [6.45, 7) is 0.886. The summed E-state index contributed by atoms with van der Waals surface area (Å²) < 4.78 is 69.4. The molecule has 3 unspecified atom stereocenters. The van der Waals surface area contributed by atoms with Gasteiger partial charge in [0, 0.05) is 23.9 Å². The number of carbonyl (C=O) groups excluding carboxylic acids is 1. The summed E-state index contributed by atoms with van der Waals surface area (Å²) in [6, 6.07) is 9.77. The standard InChI is InChI=1S/C30H32F5NO4/c1-27(32,30(33,34)35)21-6-7-23-20(16-21)5-8-24-28(23,17-18-3-2-4-22(31)15-18)13-14-36(24)25(37)19-9-11-29(40,12-10-19)26(38)39/h2-4,6-7,15-16,19,24,40H,5,8-14,17H2,1H3,(H,38,39). The summed E-state index contributed by atoms with van der Waals surface area (Å²) in [5, 5.41) is 19.6. The summed E-state index contributed by atoms with van der Waals surface area (Å²) in [6.07, 6.45) is -3.05. The first-order valence-corrected chi connectivity index (χ1v) is 13.6. The smallest absolute Gasteiger partial charge is 0.426 e. The molecule has 1 heterocycles. The zero-order valence-corrected chi connectivity index (χ0v) is 22.1. The van der Waals surface area contributed by atoms with Crippen LogP contribution in [0.5, 0.6) is 0 Å². The Bertz CT molecular complexity index is 1320. The Morgan fingerprint density at radius 1 is 1.02 bits per heavy atom. The third kappa shape index (κ3) is 4.67. The van der Waals surface area contributed by atoms with Gasteiger partial charge in [-0.1, -0.05) is 30.3 Å². The molecule has 1 saturated carbocycles. The second-order valence-corrected chi connectivity index (χ2v) is 11.8. The quantitative estimate of drug-likeness (QED) is 0.463. The molecule has 40 heavy (non-hydrogen) atoms. The summed E-state index contributed by atoms with van der Waals surface area (Å²) in [4.78, 5) is 27.0. The lowest BCUT2D eigenvalue weighted by Crippen LogP contribution is -2.52. The molecule has 0 bridgehead atoms. The van der Waals surface area contributed by atoms with Crippen molar-refractivity contribution in [3.8, 4) is 0 Å². The number of amides is 1. The zero-order chi connectivity index (χ0) is 29.1. The molecule has 3 aliphatic rings. The van der Waals surface area contributed by atoms with Crippen molar-refractivity contribution in [2.24, 2.45) is 5.92 Å². The first-order valence-electron chi connectivity index (χ1n) is 13.6. The fourth-order valence-electron chi connectivity index (χ4n) is 7.09. The van der Waals surface area contributed by atoms with Gasteiger partial charge in [0.2, 0.25) is 11.6 Å². The highest BCUT2D eigenvalue weighted by atomic mass is 19.4. The highest BCUT2D eigenvalue weighted by Crippen LogP contribution is 2.51. The van der Waals surface area contributed by atoms with Crippen LogP contribution in [0, 0.1) is 11.7 Å². The molecule has 2 fully saturated rings. The number of fused-ring (bicyclic) bond motifs is 3. The minimum atomic E-state index is -5.08. The van der Waals surface area contributed by atoms with Crippen LogP contribution in [-0.4, -0.2) is 51.4 Å². The predicted octanol–water partition coefficient (Wildman–Crippen LogP) is 5.61. The van der Waals surface area contributed by atoms with Gasteiger partial charge in [-0.25, -0.2) is 13.6 Å². The summed E-state index contributed by atoms with van der Waals surface area (Å²) in [5.41, 5.74) is -4.53. The van der Waals surface area contributed by atoms with E-state index in [2.05, 4.69) is 0 Å². The lowest BCUT2D eigenvalue weighted by Gasteiger charge is -2.45. The van der Waals surface area contributed by atoms with Gasteiger partial charge in [-0.05, 0) is 92.7 Å². The average molecular weight is 566 g/mol. The average Bonchev–Trinajstić information content (AvgIpc) is 3.27. The molecule has 1 aliphatic heterocycles. The van der Waals surface area contributed by atoms with E-state index in [4.69, 9.17) is 0 Å². The number of likely N-dealkylation sites (tertiary alicyclic amines) is 1. The van der Waals surface area contributed by atoms with Gasteiger partial charge >= 0.3 is 12.1 Å². The molecule has 0 aromatic heterocycles. The summed E-state index contributed by atoms with van der Waals surface area (Å²) in [7, 11) is 0. The molecule has 5 nitrogen and oxygen atoms in total. The maximum absolute atomic E-state index is 14.9. The van der Waals surface area contributed by atoms with Crippen LogP contribution < -0.4 is 0 Å². The molecule has 0 radical (unpaired) electrons. The van der Waals surface area contributed by atoms with Crippen LogP contribution in [0.25, 0.3) is 0 Å². The van der Waals surface area contributed by atoms with Crippen LogP contribution in [0.1, 0.15) is 67.7 Å².